The van der Waals surface area contributed by atoms with Gasteiger partial charge in [-0.2, -0.15) is 0 Å². The number of nitrogens with one attached hydrogen (secondary N) is 1. The van der Waals surface area contributed by atoms with Crippen LogP contribution in [0.2, 0.25) is 5.02 Å². The Bertz CT molecular complexity index is 1150. The summed E-state index contributed by atoms with van der Waals surface area (Å²) in [7, 11) is -1.22. The third-order valence-electron chi connectivity index (χ3n) is 5.62. The molecule has 5 rings (SSSR count). The number of hydrogen-bond acceptors (Lipinski definition) is 5. The molecule has 2 saturated carbocycles. The smallest absolute Gasteiger partial charge is 0.251 e. The number of carbonyl (C=O) groups is 1. The second kappa shape index (κ2) is 6.08. The second-order valence-electron chi connectivity index (χ2n) is 7.83. The van der Waals surface area contributed by atoms with Gasteiger partial charge in [0, 0.05) is 27.4 Å². The van der Waals surface area contributed by atoms with Gasteiger partial charge < -0.3 is 5.32 Å². The highest BCUT2D eigenvalue weighted by Crippen LogP contribution is 2.79. The van der Waals surface area contributed by atoms with Crippen molar-refractivity contribution in [2.24, 2.45) is 0 Å². The van der Waals surface area contributed by atoms with Crippen LogP contribution < -0.4 is 5.32 Å². The number of amides is 1. The van der Waals surface area contributed by atoms with Gasteiger partial charge in [-0.25, -0.2) is 9.97 Å². The van der Waals surface area contributed by atoms with Gasteiger partial charge in [-0.15, -0.1) is 11.3 Å². The number of pyridine rings is 1. The molecule has 2 aliphatic rings. The molecular weight excluding hydrogens is 414 g/mol. The van der Waals surface area contributed by atoms with Crippen molar-refractivity contribution in [3.63, 3.8) is 0 Å². The quantitative estimate of drug-likeness (QED) is 0.660. The van der Waals surface area contributed by atoms with E-state index >= 15 is 0 Å². The number of fused-ring (bicyclic) bond motifs is 2. The summed E-state index contributed by atoms with van der Waals surface area (Å²) in [6.07, 6.45) is 3.37. The first-order valence-corrected chi connectivity index (χ1v) is 11.5. The topological polar surface area (TPSA) is 72.0 Å². The zero-order chi connectivity index (χ0) is 19.7. The number of aromatic nitrogens is 2. The van der Waals surface area contributed by atoms with Crippen molar-refractivity contribution in [2.75, 3.05) is 0 Å². The Balaban J connectivity index is 1.35. The Morgan fingerprint density at radius 2 is 2.07 bits per heavy atom. The summed E-state index contributed by atoms with van der Waals surface area (Å²) in [6.45, 7) is 3.74. The number of thiazole rings is 1. The van der Waals surface area contributed by atoms with Crippen molar-refractivity contribution in [3.05, 3.63) is 52.1 Å². The SMILES string of the molecule is CC(C)S(=O)c1cc(C(=O)NC23CC2(c2nc4cc(Cl)ccc4s2)C3)ccn1. The van der Waals surface area contributed by atoms with E-state index < -0.39 is 10.8 Å². The van der Waals surface area contributed by atoms with Gasteiger partial charge in [-0.05, 0) is 43.2 Å². The average Bonchev–Trinajstić information content (AvgIpc) is 3.40. The van der Waals surface area contributed by atoms with Crippen molar-refractivity contribution in [3.8, 4) is 0 Å². The largest absolute Gasteiger partial charge is 0.346 e. The molecule has 1 unspecified atom stereocenters. The maximum Gasteiger partial charge on any atom is 0.251 e. The van der Waals surface area contributed by atoms with Gasteiger partial charge >= 0.3 is 0 Å². The van der Waals surface area contributed by atoms with Gasteiger partial charge in [0.25, 0.3) is 5.91 Å². The first kappa shape index (κ1) is 18.2. The minimum Gasteiger partial charge on any atom is -0.346 e. The monoisotopic (exact) mass is 431 g/mol. The minimum absolute atomic E-state index is 0.0323. The van der Waals surface area contributed by atoms with Crippen LogP contribution in [-0.2, 0) is 16.2 Å². The summed E-state index contributed by atoms with van der Waals surface area (Å²) in [5.41, 5.74) is 1.19. The molecule has 1 aromatic carbocycles. The van der Waals surface area contributed by atoms with Crippen LogP contribution in [0.15, 0.2) is 41.6 Å². The zero-order valence-electron chi connectivity index (χ0n) is 15.4. The Labute approximate surface area is 174 Å². The molecule has 2 aliphatic carbocycles. The van der Waals surface area contributed by atoms with Crippen molar-refractivity contribution in [1.82, 2.24) is 15.3 Å². The highest BCUT2D eigenvalue weighted by molar-refractivity contribution is 7.85. The summed E-state index contributed by atoms with van der Waals surface area (Å²) in [4.78, 5) is 21.7. The van der Waals surface area contributed by atoms with Crippen molar-refractivity contribution < 1.29 is 9.00 Å². The van der Waals surface area contributed by atoms with Gasteiger partial charge in [-0.3, -0.25) is 9.00 Å². The van der Waals surface area contributed by atoms with E-state index in [1.54, 1.807) is 29.7 Å². The molecule has 2 aromatic heterocycles. The first-order valence-electron chi connectivity index (χ1n) is 9.09. The Hall–Kier alpha value is -1.83. The van der Waals surface area contributed by atoms with E-state index in [1.807, 2.05) is 32.0 Å². The van der Waals surface area contributed by atoms with E-state index in [2.05, 4.69) is 10.3 Å². The molecule has 28 heavy (non-hydrogen) atoms. The Kier molecular flexibility index (Phi) is 3.96. The van der Waals surface area contributed by atoms with Crippen molar-refractivity contribution in [1.29, 1.82) is 0 Å². The number of halogens is 1. The second-order valence-corrected chi connectivity index (χ2v) is 11.3. The third kappa shape index (κ3) is 2.71. The maximum absolute atomic E-state index is 12.8. The summed E-state index contributed by atoms with van der Waals surface area (Å²) >= 11 is 7.74. The number of rotatable bonds is 5. The number of hydrogen-bond donors (Lipinski definition) is 1. The van der Waals surface area contributed by atoms with E-state index in [1.165, 1.54) is 0 Å². The fourth-order valence-corrected chi connectivity index (χ4v) is 6.04. The highest BCUT2D eigenvalue weighted by Gasteiger charge is 2.86. The minimum atomic E-state index is -1.22. The lowest BCUT2D eigenvalue weighted by atomic mass is 10.2. The third-order valence-corrected chi connectivity index (χ3v) is 8.58. The van der Waals surface area contributed by atoms with Crippen LogP contribution in [0.1, 0.15) is 42.1 Å². The van der Waals surface area contributed by atoms with Gasteiger partial charge in [0.05, 0.1) is 26.6 Å². The molecule has 5 nitrogen and oxygen atoms in total. The molecule has 0 saturated heterocycles. The summed E-state index contributed by atoms with van der Waals surface area (Å²) in [5.74, 6) is -0.145. The highest BCUT2D eigenvalue weighted by atomic mass is 35.5. The van der Waals surface area contributed by atoms with Crippen LogP contribution in [0, 0.1) is 0 Å². The van der Waals surface area contributed by atoms with Gasteiger partial charge in [0.2, 0.25) is 0 Å². The molecule has 2 heterocycles. The molecule has 8 heteroatoms. The molecule has 0 aliphatic heterocycles. The van der Waals surface area contributed by atoms with E-state index in [-0.39, 0.29) is 22.1 Å². The van der Waals surface area contributed by atoms with Crippen molar-refractivity contribution in [2.45, 2.75) is 47.9 Å². The van der Waals surface area contributed by atoms with E-state index in [4.69, 9.17) is 16.6 Å². The number of carbonyl (C=O) groups excluding carboxylic acids is 1. The van der Waals surface area contributed by atoms with Crippen LogP contribution in [0.4, 0.5) is 0 Å². The fraction of sp³-hybridized carbons (Fsp3) is 0.350. The molecule has 0 bridgehead atoms. The molecule has 2 fully saturated rings. The predicted molar refractivity (Wildman–Crippen MR) is 112 cm³/mol. The van der Waals surface area contributed by atoms with Crippen LogP contribution in [0.5, 0.6) is 0 Å². The lowest BCUT2D eigenvalue weighted by Crippen LogP contribution is -2.31. The van der Waals surface area contributed by atoms with E-state index in [9.17, 15) is 9.00 Å². The zero-order valence-corrected chi connectivity index (χ0v) is 17.7. The molecule has 1 atom stereocenters. The number of nitrogens with zero attached hydrogens (tertiary/aromatic N) is 2. The molecule has 0 radical (unpaired) electrons. The van der Waals surface area contributed by atoms with E-state index in [0.717, 1.165) is 28.1 Å². The van der Waals surface area contributed by atoms with Gasteiger partial charge in [0.1, 0.15) is 10.0 Å². The Morgan fingerprint density at radius 1 is 1.29 bits per heavy atom. The maximum atomic E-state index is 12.8. The molecule has 144 valence electrons. The van der Waals surface area contributed by atoms with Crippen LogP contribution in [0.3, 0.4) is 0 Å². The fourth-order valence-electron chi connectivity index (χ4n) is 3.75. The van der Waals surface area contributed by atoms with Gasteiger partial charge in [-0.1, -0.05) is 25.4 Å². The molecule has 0 spiro atoms. The molecule has 1 amide bonds. The van der Waals surface area contributed by atoms with Crippen LogP contribution in [0.25, 0.3) is 10.2 Å². The van der Waals surface area contributed by atoms with Crippen molar-refractivity contribution >= 4 is 49.9 Å². The van der Waals surface area contributed by atoms with Crippen LogP contribution >= 0.6 is 22.9 Å². The molecule has 1 N–H and O–H groups in total. The normalized spacial score (nSPS) is 26.1. The molecule has 3 aromatic rings. The van der Waals surface area contributed by atoms with E-state index in [0.29, 0.717) is 15.6 Å². The molecular formula is C20H18ClN3O2S2. The standard InChI is InChI=1S/C20H18ClN3O2S2/c1-11(2)28(26)16-7-12(5-6-22-16)17(25)24-20-9-19(20,10-20)18-23-14-8-13(21)3-4-15(14)27-18/h3-8,11H,9-10H2,1-2H3,(H,24,25). The predicted octanol–water partition coefficient (Wildman–Crippen LogP) is 4.07. The summed E-state index contributed by atoms with van der Waals surface area (Å²) in [6, 6.07) is 9.05. The van der Waals surface area contributed by atoms with Gasteiger partial charge in [0.15, 0.2) is 0 Å². The van der Waals surface area contributed by atoms with Crippen LogP contribution in [-0.4, -0.2) is 30.9 Å². The number of benzene rings is 1. The summed E-state index contributed by atoms with van der Waals surface area (Å²) < 4.78 is 13.4. The lowest BCUT2D eigenvalue weighted by molar-refractivity contribution is 0.0942. The first-order chi connectivity index (χ1) is 13.3. The lowest BCUT2D eigenvalue weighted by Gasteiger charge is -2.09. The average molecular weight is 432 g/mol. The summed E-state index contributed by atoms with van der Waals surface area (Å²) in [5, 5.41) is 5.34. The Morgan fingerprint density at radius 3 is 2.82 bits per heavy atom.